The summed E-state index contributed by atoms with van der Waals surface area (Å²) < 4.78 is 6.41. The Hall–Kier alpha value is -1.10. The minimum absolute atomic E-state index is 0.0666. The molecule has 0 spiro atoms. The standard InChI is InChI=1S/C17H23Cl2N5O2S2/c1-11(28-17(20)23-21)27-10-16(25)22-7-13-9-24(4-5-26-13)8-12-2-3-14(18)15(19)6-12/h2-3,6,13H,1,4-5,7-10,21H2,(H2,20,23)(H,22,25)/t13-/m0/s1. The second kappa shape index (κ2) is 11.8. The van der Waals surface area contributed by atoms with E-state index in [0.29, 0.717) is 27.4 Å². The van der Waals surface area contributed by atoms with Crippen LogP contribution < -0.4 is 16.9 Å². The molecule has 0 aliphatic carbocycles. The summed E-state index contributed by atoms with van der Waals surface area (Å²) in [6.07, 6.45) is -0.0666. The quantitative estimate of drug-likeness (QED) is 0.235. The van der Waals surface area contributed by atoms with Crippen LogP contribution in [0.2, 0.25) is 10.0 Å². The van der Waals surface area contributed by atoms with Crippen LogP contribution in [0.1, 0.15) is 5.56 Å². The maximum Gasteiger partial charge on any atom is 0.230 e. The number of hydrazone groups is 1. The minimum Gasteiger partial charge on any atom is -0.377 e. The van der Waals surface area contributed by atoms with E-state index in [-0.39, 0.29) is 22.9 Å². The van der Waals surface area contributed by atoms with Gasteiger partial charge in [0.05, 0.1) is 28.5 Å². The van der Waals surface area contributed by atoms with E-state index in [1.165, 1.54) is 11.8 Å². The molecule has 0 unspecified atom stereocenters. The Morgan fingerprint density at radius 3 is 2.93 bits per heavy atom. The number of morpholine rings is 1. The van der Waals surface area contributed by atoms with Gasteiger partial charge in [0, 0.05) is 30.4 Å². The van der Waals surface area contributed by atoms with Crippen molar-refractivity contribution in [3.63, 3.8) is 0 Å². The van der Waals surface area contributed by atoms with E-state index >= 15 is 0 Å². The number of carbonyl (C=O) groups excluding carboxylic acids is 1. The topological polar surface area (TPSA) is 106 Å². The predicted octanol–water partition coefficient (Wildman–Crippen LogP) is 2.44. The number of hydrogen-bond donors (Lipinski definition) is 3. The van der Waals surface area contributed by atoms with Crippen molar-refractivity contribution >= 4 is 57.8 Å². The first-order valence-corrected chi connectivity index (χ1v) is 11.0. The van der Waals surface area contributed by atoms with Gasteiger partial charge in [-0.1, -0.05) is 35.8 Å². The van der Waals surface area contributed by atoms with Gasteiger partial charge in [-0.25, -0.2) is 0 Å². The Balaban J connectivity index is 1.71. The smallest absolute Gasteiger partial charge is 0.230 e. The number of hydrogen-bond acceptors (Lipinski definition) is 7. The van der Waals surface area contributed by atoms with Gasteiger partial charge in [0.1, 0.15) is 0 Å². The Morgan fingerprint density at radius 1 is 1.43 bits per heavy atom. The summed E-state index contributed by atoms with van der Waals surface area (Å²) in [6, 6.07) is 5.64. The van der Waals surface area contributed by atoms with Gasteiger partial charge in [-0.3, -0.25) is 9.69 Å². The average molecular weight is 464 g/mol. The number of carbonyl (C=O) groups is 1. The molecule has 1 aliphatic rings. The van der Waals surface area contributed by atoms with E-state index < -0.39 is 0 Å². The Morgan fingerprint density at radius 2 is 2.21 bits per heavy atom. The molecule has 2 rings (SSSR count). The number of ether oxygens (including phenoxy) is 1. The van der Waals surface area contributed by atoms with Gasteiger partial charge in [-0.2, -0.15) is 5.10 Å². The van der Waals surface area contributed by atoms with Gasteiger partial charge in [0.2, 0.25) is 5.91 Å². The van der Waals surface area contributed by atoms with E-state index in [4.69, 9.17) is 39.5 Å². The third kappa shape index (κ3) is 8.10. The van der Waals surface area contributed by atoms with Gasteiger partial charge < -0.3 is 21.6 Å². The number of nitrogens with zero attached hydrogens (tertiary/aromatic N) is 2. The van der Waals surface area contributed by atoms with E-state index in [1.54, 1.807) is 6.07 Å². The molecule has 0 aromatic heterocycles. The number of nitrogens with two attached hydrogens (primary N) is 2. The van der Waals surface area contributed by atoms with Crippen LogP contribution in [-0.4, -0.2) is 54.1 Å². The molecule has 0 saturated carbocycles. The van der Waals surface area contributed by atoms with Crippen molar-refractivity contribution in [2.45, 2.75) is 12.6 Å². The third-order valence-electron chi connectivity index (χ3n) is 3.85. The maximum atomic E-state index is 12.0. The second-order valence-corrected chi connectivity index (χ2v) is 9.27. The molecule has 1 aliphatic heterocycles. The fourth-order valence-corrected chi connectivity index (χ4v) is 4.21. The van der Waals surface area contributed by atoms with Crippen molar-refractivity contribution in [1.82, 2.24) is 10.2 Å². The maximum absolute atomic E-state index is 12.0. The summed E-state index contributed by atoms with van der Waals surface area (Å²) in [5.41, 5.74) is 6.59. The molecule has 1 aromatic rings. The van der Waals surface area contributed by atoms with Crippen molar-refractivity contribution in [3.05, 3.63) is 44.6 Å². The first-order chi connectivity index (χ1) is 13.4. The molecule has 5 N–H and O–H groups in total. The lowest BCUT2D eigenvalue weighted by Gasteiger charge is -2.33. The monoisotopic (exact) mass is 463 g/mol. The highest BCUT2D eigenvalue weighted by molar-refractivity contribution is 8.29. The van der Waals surface area contributed by atoms with Crippen molar-refractivity contribution in [1.29, 1.82) is 0 Å². The number of amides is 1. The van der Waals surface area contributed by atoms with Crippen LogP contribution in [-0.2, 0) is 16.1 Å². The van der Waals surface area contributed by atoms with Gasteiger partial charge in [-0.15, -0.1) is 11.8 Å². The molecular weight excluding hydrogens is 441 g/mol. The van der Waals surface area contributed by atoms with Crippen LogP contribution in [0.4, 0.5) is 0 Å². The van der Waals surface area contributed by atoms with E-state index in [0.717, 1.165) is 37.0 Å². The van der Waals surface area contributed by atoms with Crippen molar-refractivity contribution in [2.24, 2.45) is 16.7 Å². The molecule has 1 atom stereocenters. The molecule has 1 saturated heterocycles. The molecule has 1 fully saturated rings. The fourth-order valence-electron chi connectivity index (χ4n) is 2.54. The summed E-state index contributed by atoms with van der Waals surface area (Å²) in [6.45, 7) is 7.16. The number of benzene rings is 1. The molecule has 1 aromatic carbocycles. The molecule has 154 valence electrons. The van der Waals surface area contributed by atoms with Gasteiger partial charge in [0.25, 0.3) is 0 Å². The molecule has 0 radical (unpaired) electrons. The van der Waals surface area contributed by atoms with Crippen LogP contribution in [0.5, 0.6) is 0 Å². The highest BCUT2D eigenvalue weighted by atomic mass is 35.5. The molecule has 1 heterocycles. The summed E-state index contributed by atoms with van der Waals surface area (Å²) >= 11 is 14.5. The van der Waals surface area contributed by atoms with Crippen LogP contribution in [0.3, 0.4) is 0 Å². The summed E-state index contributed by atoms with van der Waals surface area (Å²) in [7, 11) is 0. The summed E-state index contributed by atoms with van der Waals surface area (Å²) in [5.74, 6) is 5.20. The zero-order valence-corrected chi connectivity index (χ0v) is 18.3. The first kappa shape index (κ1) is 23.2. The second-order valence-electron chi connectivity index (χ2n) is 6.01. The van der Waals surface area contributed by atoms with E-state index in [1.807, 2.05) is 12.1 Å². The molecule has 7 nitrogen and oxygen atoms in total. The highest BCUT2D eigenvalue weighted by Crippen LogP contribution is 2.26. The van der Waals surface area contributed by atoms with Crippen molar-refractivity contribution < 1.29 is 9.53 Å². The lowest BCUT2D eigenvalue weighted by atomic mass is 10.2. The SMILES string of the molecule is C=C(SCC(=O)NC[C@H]1CN(Cc2ccc(Cl)c(Cl)c2)CCO1)S/C(N)=N\N. The van der Waals surface area contributed by atoms with Gasteiger partial charge in [0.15, 0.2) is 5.17 Å². The molecule has 28 heavy (non-hydrogen) atoms. The van der Waals surface area contributed by atoms with Crippen LogP contribution in [0, 0.1) is 0 Å². The van der Waals surface area contributed by atoms with Crippen LogP contribution in [0.25, 0.3) is 0 Å². The number of amidine groups is 1. The highest BCUT2D eigenvalue weighted by Gasteiger charge is 2.21. The average Bonchev–Trinajstić information content (AvgIpc) is 2.68. The Kier molecular flexibility index (Phi) is 9.76. The Bertz CT molecular complexity index is 735. The molecule has 0 bridgehead atoms. The molecular formula is C17H23Cl2N5O2S2. The van der Waals surface area contributed by atoms with E-state index in [9.17, 15) is 4.79 Å². The Labute approximate surface area is 183 Å². The van der Waals surface area contributed by atoms with Gasteiger partial charge >= 0.3 is 0 Å². The van der Waals surface area contributed by atoms with Crippen LogP contribution >= 0.6 is 46.7 Å². The number of halogens is 2. The largest absolute Gasteiger partial charge is 0.377 e. The molecule has 1 amide bonds. The van der Waals surface area contributed by atoms with Crippen LogP contribution in [0.15, 0.2) is 34.1 Å². The lowest BCUT2D eigenvalue weighted by Crippen LogP contribution is -2.47. The van der Waals surface area contributed by atoms with Crippen molar-refractivity contribution in [2.75, 3.05) is 32.0 Å². The zero-order valence-electron chi connectivity index (χ0n) is 15.2. The summed E-state index contributed by atoms with van der Waals surface area (Å²) in [4.78, 5) is 14.3. The minimum atomic E-state index is -0.0970. The normalized spacial score (nSPS) is 18.1. The zero-order chi connectivity index (χ0) is 20.5. The van der Waals surface area contributed by atoms with E-state index in [2.05, 4.69) is 21.9 Å². The number of nitrogens with one attached hydrogen (secondary N) is 1. The lowest BCUT2D eigenvalue weighted by molar-refractivity contribution is -0.119. The third-order valence-corrected chi connectivity index (χ3v) is 6.46. The fraction of sp³-hybridized carbons (Fsp3) is 0.412. The summed E-state index contributed by atoms with van der Waals surface area (Å²) in [5, 5.41) is 7.54. The number of rotatable bonds is 8. The first-order valence-electron chi connectivity index (χ1n) is 8.45. The number of thioether (sulfide) groups is 2. The predicted molar refractivity (Wildman–Crippen MR) is 119 cm³/mol. The van der Waals surface area contributed by atoms with Crippen molar-refractivity contribution in [3.8, 4) is 0 Å². The molecule has 11 heteroatoms. The van der Waals surface area contributed by atoms with Gasteiger partial charge in [-0.05, 0) is 29.5 Å².